The van der Waals surface area contributed by atoms with Crippen LogP contribution in [0.1, 0.15) is 15.4 Å². The largest absolute Gasteiger partial charge is 0.480 e. The molecule has 108 valence electrons. The Morgan fingerprint density at radius 3 is 2.95 bits per heavy atom. The molecule has 3 aromatic rings. The monoisotopic (exact) mass is 321 g/mol. The van der Waals surface area contributed by atoms with Crippen LogP contribution in [0.5, 0.6) is 0 Å². The third kappa shape index (κ3) is 2.96. The summed E-state index contributed by atoms with van der Waals surface area (Å²) < 4.78 is 2.07. The fourth-order valence-corrected chi connectivity index (χ4v) is 3.94. The minimum atomic E-state index is -1.07. The lowest BCUT2D eigenvalue weighted by Gasteiger charge is -2.12. The Hall–Kier alpha value is -2.19. The first kappa shape index (κ1) is 13.8. The summed E-state index contributed by atoms with van der Waals surface area (Å²) in [5.74, 6) is -1.44. The number of nitrogens with zero attached hydrogens (tertiary/aromatic N) is 1. The molecular formula is C13H11N3O3S2. The predicted molar refractivity (Wildman–Crippen MR) is 80.9 cm³/mol. The van der Waals surface area contributed by atoms with Crippen molar-refractivity contribution in [2.45, 2.75) is 12.5 Å². The number of carbonyl (C=O) groups is 2. The number of carboxylic acid groups (broad SMARTS) is 1. The number of carboxylic acids is 1. The number of hydrogen-bond donors (Lipinski definition) is 3. The number of aliphatic carboxylic acids is 1. The van der Waals surface area contributed by atoms with E-state index < -0.39 is 12.0 Å². The molecule has 1 amide bonds. The second kappa shape index (κ2) is 5.66. The van der Waals surface area contributed by atoms with Crippen LogP contribution >= 0.6 is 22.7 Å². The van der Waals surface area contributed by atoms with Gasteiger partial charge in [-0.15, -0.1) is 22.7 Å². The van der Waals surface area contributed by atoms with Crippen molar-refractivity contribution < 1.29 is 14.7 Å². The van der Waals surface area contributed by atoms with Crippen molar-refractivity contribution in [3.8, 4) is 0 Å². The molecule has 0 aliphatic rings. The summed E-state index contributed by atoms with van der Waals surface area (Å²) in [7, 11) is 0. The highest BCUT2D eigenvalue weighted by Crippen LogP contribution is 2.29. The zero-order chi connectivity index (χ0) is 14.8. The van der Waals surface area contributed by atoms with Gasteiger partial charge >= 0.3 is 5.97 Å². The van der Waals surface area contributed by atoms with Crippen molar-refractivity contribution in [3.63, 3.8) is 0 Å². The molecule has 6 nitrogen and oxygen atoms in total. The third-order valence-electron chi connectivity index (χ3n) is 2.95. The first-order chi connectivity index (χ1) is 10.1. The van der Waals surface area contributed by atoms with Crippen molar-refractivity contribution >= 4 is 43.9 Å². The Labute approximate surface area is 127 Å². The highest BCUT2D eigenvalue weighted by molar-refractivity contribution is 7.27. The van der Waals surface area contributed by atoms with Gasteiger partial charge in [0.05, 0.1) is 11.2 Å². The van der Waals surface area contributed by atoms with Gasteiger partial charge in [-0.1, -0.05) is 0 Å². The molecule has 0 fully saturated rings. The van der Waals surface area contributed by atoms with E-state index in [1.807, 2.05) is 11.4 Å². The van der Waals surface area contributed by atoms with E-state index >= 15 is 0 Å². The Morgan fingerprint density at radius 2 is 2.29 bits per heavy atom. The number of aromatic nitrogens is 2. The van der Waals surface area contributed by atoms with Crippen LogP contribution in [0.3, 0.4) is 0 Å². The van der Waals surface area contributed by atoms with Crippen LogP contribution in [0.4, 0.5) is 0 Å². The summed E-state index contributed by atoms with van der Waals surface area (Å²) in [6.45, 7) is 0. The van der Waals surface area contributed by atoms with E-state index in [1.165, 1.54) is 17.7 Å². The fourth-order valence-electron chi connectivity index (χ4n) is 1.92. The summed E-state index contributed by atoms with van der Waals surface area (Å²) in [4.78, 5) is 30.6. The highest BCUT2D eigenvalue weighted by Gasteiger charge is 2.22. The second-order valence-corrected chi connectivity index (χ2v) is 6.44. The SMILES string of the molecule is O=C(N[C@H](Cc1cnc[nH]1)C(=O)O)c1cc2sccc2s1. The van der Waals surface area contributed by atoms with E-state index in [0.29, 0.717) is 10.6 Å². The van der Waals surface area contributed by atoms with E-state index in [-0.39, 0.29) is 12.3 Å². The molecule has 0 saturated carbocycles. The molecule has 3 N–H and O–H groups in total. The van der Waals surface area contributed by atoms with E-state index in [0.717, 1.165) is 9.40 Å². The topological polar surface area (TPSA) is 95.1 Å². The molecule has 0 aliphatic carbocycles. The Morgan fingerprint density at radius 1 is 1.43 bits per heavy atom. The molecule has 0 saturated heterocycles. The lowest BCUT2D eigenvalue weighted by atomic mass is 10.1. The number of imidazole rings is 1. The van der Waals surface area contributed by atoms with Crippen LogP contribution in [-0.2, 0) is 11.2 Å². The average Bonchev–Trinajstić information content (AvgIpc) is 3.13. The van der Waals surface area contributed by atoms with E-state index in [9.17, 15) is 14.7 Å². The summed E-state index contributed by atoms with van der Waals surface area (Å²) in [5.41, 5.74) is 0.662. The van der Waals surface area contributed by atoms with Gasteiger partial charge < -0.3 is 15.4 Å². The number of amides is 1. The fraction of sp³-hybridized carbons (Fsp3) is 0.154. The van der Waals surface area contributed by atoms with Crippen LogP contribution in [0.2, 0.25) is 0 Å². The van der Waals surface area contributed by atoms with Gasteiger partial charge in [-0.3, -0.25) is 4.79 Å². The number of hydrogen-bond acceptors (Lipinski definition) is 5. The minimum absolute atomic E-state index is 0.167. The Kier molecular flexibility index (Phi) is 3.72. The standard InChI is InChI=1S/C13H11N3O3S2/c17-12(11-4-10-9(21-11)1-2-20-10)16-8(13(18)19)3-7-5-14-6-15-7/h1-2,4-6,8H,3H2,(H,14,15)(H,16,17)(H,18,19)/t8-/m1/s1. The van der Waals surface area contributed by atoms with Gasteiger partial charge in [0.2, 0.25) is 0 Å². The maximum atomic E-state index is 12.2. The molecular weight excluding hydrogens is 310 g/mol. The lowest BCUT2D eigenvalue weighted by Crippen LogP contribution is -2.42. The first-order valence-corrected chi connectivity index (χ1v) is 7.81. The maximum absolute atomic E-state index is 12.2. The van der Waals surface area contributed by atoms with Gasteiger partial charge in [0.15, 0.2) is 0 Å². The van der Waals surface area contributed by atoms with Gasteiger partial charge in [-0.25, -0.2) is 9.78 Å². The molecule has 3 rings (SSSR count). The number of aromatic amines is 1. The average molecular weight is 321 g/mol. The van der Waals surface area contributed by atoms with Gasteiger partial charge in [0, 0.05) is 27.7 Å². The zero-order valence-corrected chi connectivity index (χ0v) is 12.3. The molecule has 0 bridgehead atoms. The molecule has 0 aromatic carbocycles. The molecule has 1 atom stereocenters. The van der Waals surface area contributed by atoms with E-state index in [2.05, 4.69) is 15.3 Å². The summed E-state index contributed by atoms with van der Waals surface area (Å²) >= 11 is 2.91. The van der Waals surface area contributed by atoms with Crippen molar-refractivity contribution in [2.75, 3.05) is 0 Å². The van der Waals surface area contributed by atoms with Crippen molar-refractivity contribution in [1.82, 2.24) is 15.3 Å². The summed E-state index contributed by atoms with van der Waals surface area (Å²) in [6, 6.07) is 2.74. The quantitative estimate of drug-likeness (QED) is 0.671. The number of H-pyrrole nitrogens is 1. The maximum Gasteiger partial charge on any atom is 0.326 e. The van der Waals surface area contributed by atoms with Gasteiger partial charge in [0.25, 0.3) is 5.91 Å². The minimum Gasteiger partial charge on any atom is -0.480 e. The molecule has 8 heteroatoms. The van der Waals surface area contributed by atoms with Crippen molar-refractivity contribution in [2.24, 2.45) is 0 Å². The molecule has 0 unspecified atom stereocenters. The molecule has 0 aliphatic heterocycles. The normalized spacial score (nSPS) is 12.4. The molecule has 3 aromatic heterocycles. The number of rotatable bonds is 5. The number of thiophene rings is 2. The van der Waals surface area contributed by atoms with Crippen LogP contribution in [0.25, 0.3) is 9.40 Å². The molecule has 0 spiro atoms. The van der Waals surface area contributed by atoms with Gasteiger partial charge in [0.1, 0.15) is 6.04 Å². The van der Waals surface area contributed by atoms with Crippen LogP contribution < -0.4 is 5.32 Å². The Bertz CT molecular complexity index is 747. The van der Waals surface area contributed by atoms with Crippen LogP contribution in [-0.4, -0.2) is 33.0 Å². The lowest BCUT2D eigenvalue weighted by molar-refractivity contribution is -0.139. The van der Waals surface area contributed by atoms with E-state index in [1.54, 1.807) is 23.6 Å². The first-order valence-electron chi connectivity index (χ1n) is 6.11. The predicted octanol–water partition coefficient (Wildman–Crippen LogP) is 2.11. The smallest absolute Gasteiger partial charge is 0.326 e. The summed E-state index contributed by atoms with van der Waals surface area (Å²) in [6.07, 6.45) is 3.19. The van der Waals surface area contributed by atoms with Crippen molar-refractivity contribution in [1.29, 1.82) is 0 Å². The molecule has 21 heavy (non-hydrogen) atoms. The number of nitrogens with one attached hydrogen (secondary N) is 2. The van der Waals surface area contributed by atoms with Crippen LogP contribution in [0, 0.1) is 0 Å². The highest BCUT2D eigenvalue weighted by atomic mass is 32.1. The van der Waals surface area contributed by atoms with Gasteiger partial charge in [-0.05, 0) is 17.5 Å². The number of carbonyl (C=O) groups excluding carboxylic acids is 1. The van der Waals surface area contributed by atoms with Gasteiger partial charge in [-0.2, -0.15) is 0 Å². The van der Waals surface area contributed by atoms with Crippen molar-refractivity contribution in [3.05, 3.63) is 40.6 Å². The van der Waals surface area contributed by atoms with Crippen LogP contribution in [0.15, 0.2) is 30.0 Å². The second-order valence-electron chi connectivity index (χ2n) is 4.41. The Balaban J connectivity index is 1.74. The summed E-state index contributed by atoms with van der Waals surface area (Å²) in [5, 5.41) is 13.7. The third-order valence-corrected chi connectivity index (χ3v) is 5.04. The number of fused-ring (bicyclic) bond motifs is 1. The van der Waals surface area contributed by atoms with E-state index in [4.69, 9.17) is 0 Å². The zero-order valence-electron chi connectivity index (χ0n) is 10.7. The molecule has 0 radical (unpaired) electrons. The molecule has 3 heterocycles.